The third-order valence-electron chi connectivity index (χ3n) is 5.13. The molecule has 1 fully saturated rings. The lowest BCUT2D eigenvalue weighted by Gasteiger charge is -2.24. The summed E-state index contributed by atoms with van der Waals surface area (Å²) in [6, 6.07) is 5.84. The Morgan fingerprint density at radius 1 is 1.28 bits per heavy atom. The molecule has 3 N–H and O–H groups in total. The maximum Gasteiger partial charge on any atom is 0.273 e. The Labute approximate surface area is 171 Å². The average Bonchev–Trinajstić information content (AvgIpc) is 3.28. The third-order valence-corrected chi connectivity index (χ3v) is 5.13. The van der Waals surface area contributed by atoms with Crippen molar-refractivity contribution in [3.05, 3.63) is 35.8 Å². The Morgan fingerprint density at radius 2 is 2.10 bits per heavy atom. The Balaban J connectivity index is 1.55. The van der Waals surface area contributed by atoms with Gasteiger partial charge in [-0.2, -0.15) is 5.10 Å². The van der Waals surface area contributed by atoms with Crippen LogP contribution < -0.4 is 16.0 Å². The molecule has 1 aliphatic rings. The van der Waals surface area contributed by atoms with Gasteiger partial charge in [0.2, 0.25) is 5.91 Å². The van der Waals surface area contributed by atoms with Crippen molar-refractivity contribution in [3.8, 4) is 0 Å². The lowest BCUT2D eigenvalue weighted by Crippen LogP contribution is -2.33. The first-order chi connectivity index (χ1) is 13.9. The highest BCUT2D eigenvalue weighted by Crippen LogP contribution is 2.24. The van der Waals surface area contributed by atoms with Crippen molar-refractivity contribution < 1.29 is 9.59 Å². The van der Waals surface area contributed by atoms with Gasteiger partial charge in [-0.25, -0.2) is 0 Å². The van der Waals surface area contributed by atoms with Gasteiger partial charge in [0.1, 0.15) is 12.2 Å². The Morgan fingerprint density at radius 3 is 2.83 bits per heavy atom. The summed E-state index contributed by atoms with van der Waals surface area (Å²) in [5.74, 6) is 0.102. The summed E-state index contributed by atoms with van der Waals surface area (Å²) in [4.78, 5) is 26.6. The molecule has 0 radical (unpaired) electrons. The number of carbonyl (C=O) groups is 2. The van der Waals surface area contributed by atoms with Crippen molar-refractivity contribution >= 4 is 17.6 Å². The fourth-order valence-electron chi connectivity index (χ4n) is 3.53. The molecule has 0 bridgehead atoms. The number of nitrogens with one attached hydrogen (secondary N) is 3. The van der Waals surface area contributed by atoms with Crippen molar-refractivity contribution in [2.75, 3.05) is 39.0 Å². The minimum atomic E-state index is -0.213. The van der Waals surface area contributed by atoms with Crippen LogP contribution in [0.3, 0.4) is 0 Å². The molecular formula is C20H31N7O2. The highest BCUT2D eigenvalue weighted by molar-refractivity contribution is 6.02. The fraction of sp³-hybridized carbons (Fsp3) is 0.550. The van der Waals surface area contributed by atoms with Gasteiger partial charge in [-0.1, -0.05) is 6.42 Å². The normalized spacial score (nSPS) is 16.8. The van der Waals surface area contributed by atoms with E-state index in [1.807, 2.05) is 42.7 Å². The van der Waals surface area contributed by atoms with E-state index in [-0.39, 0.29) is 18.4 Å². The van der Waals surface area contributed by atoms with Gasteiger partial charge in [0.15, 0.2) is 5.82 Å². The number of likely N-dealkylation sites (N-methyl/N-ethyl adjacent to an activating group) is 1. The monoisotopic (exact) mass is 401 g/mol. The molecule has 2 aromatic heterocycles. The van der Waals surface area contributed by atoms with Crippen molar-refractivity contribution in [1.29, 1.82) is 0 Å². The number of carbonyl (C=O) groups excluding carboxylic acids is 2. The van der Waals surface area contributed by atoms with Gasteiger partial charge in [-0.3, -0.25) is 14.3 Å². The molecular weight excluding hydrogens is 370 g/mol. The van der Waals surface area contributed by atoms with Gasteiger partial charge in [0.05, 0.1) is 0 Å². The van der Waals surface area contributed by atoms with Crippen LogP contribution >= 0.6 is 0 Å². The van der Waals surface area contributed by atoms with Crippen LogP contribution in [0.1, 0.15) is 41.5 Å². The minimum Gasteiger partial charge on any atom is -0.353 e. The van der Waals surface area contributed by atoms with Crippen LogP contribution in [0.5, 0.6) is 0 Å². The van der Waals surface area contributed by atoms with E-state index in [0.717, 1.165) is 25.2 Å². The minimum absolute atomic E-state index is 0.111. The lowest BCUT2D eigenvalue weighted by molar-refractivity contribution is -0.121. The van der Waals surface area contributed by atoms with Crippen LogP contribution in [0.4, 0.5) is 5.82 Å². The molecule has 1 aliphatic heterocycles. The zero-order valence-corrected chi connectivity index (χ0v) is 17.4. The van der Waals surface area contributed by atoms with Gasteiger partial charge in [0.25, 0.3) is 5.91 Å². The number of hydrogen-bond donors (Lipinski definition) is 3. The topological polar surface area (TPSA) is 96.2 Å². The van der Waals surface area contributed by atoms with E-state index in [1.54, 1.807) is 12.3 Å². The van der Waals surface area contributed by atoms with Gasteiger partial charge < -0.3 is 25.4 Å². The second-order valence-electron chi connectivity index (χ2n) is 7.71. The second-order valence-corrected chi connectivity index (χ2v) is 7.71. The summed E-state index contributed by atoms with van der Waals surface area (Å²) in [5.41, 5.74) is 1.71. The van der Waals surface area contributed by atoms with Crippen LogP contribution in [-0.4, -0.2) is 64.8 Å². The number of nitrogens with zero attached hydrogens (tertiary/aromatic N) is 4. The molecule has 3 rings (SSSR count). The number of anilines is 1. The second kappa shape index (κ2) is 9.71. The van der Waals surface area contributed by atoms with Gasteiger partial charge in [0, 0.05) is 44.1 Å². The summed E-state index contributed by atoms with van der Waals surface area (Å²) in [6.07, 6.45) is 5.17. The Hall–Kier alpha value is -2.65. The largest absolute Gasteiger partial charge is 0.353 e. The van der Waals surface area contributed by atoms with Gasteiger partial charge in [-0.05, 0) is 45.6 Å². The van der Waals surface area contributed by atoms with E-state index in [4.69, 9.17) is 0 Å². The quantitative estimate of drug-likeness (QED) is 0.612. The molecule has 1 unspecified atom stereocenters. The smallest absolute Gasteiger partial charge is 0.273 e. The van der Waals surface area contributed by atoms with Crippen molar-refractivity contribution in [1.82, 2.24) is 29.9 Å². The molecule has 158 valence electrons. The van der Waals surface area contributed by atoms with Crippen molar-refractivity contribution in [2.45, 2.75) is 31.8 Å². The van der Waals surface area contributed by atoms with Crippen LogP contribution in [0.2, 0.25) is 0 Å². The molecule has 29 heavy (non-hydrogen) atoms. The van der Waals surface area contributed by atoms with E-state index in [1.165, 1.54) is 17.5 Å². The number of amides is 2. The van der Waals surface area contributed by atoms with E-state index in [9.17, 15) is 9.59 Å². The van der Waals surface area contributed by atoms with E-state index < -0.39 is 0 Å². The lowest BCUT2D eigenvalue weighted by atomic mass is 10.0. The van der Waals surface area contributed by atoms with E-state index in [0.29, 0.717) is 24.1 Å². The number of aromatic nitrogens is 3. The summed E-state index contributed by atoms with van der Waals surface area (Å²) < 4.78 is 3.45. The highest BCUT2D eigenvalue weighted by Gasteiger charge is 2.21. The maximum atomic E-state index is 12.7. The first-order valence-electron chi connectivity index (χ1n) is 10.1. The van der Waals surface area contributed by atoms with Crippen molar-refractivity contribution in [3.63, 3.8) is 0 Å². The molecule has 0 saturated carbocycles. The standard InChI is InChI=1S/C20H31N7O2/c1-25(2)13-11-22-19(28)14-27-12-9-18(24-27)23-20(29)17-8-7-16(26(17)3)15-6-4-5-10-21-15/h7-9,12,15,21H,4-6,10-11,13-14H2,1-3H3,(H,22,28)(H,23,24,29). The molecule has 2 aromatic rings. The summed E-state index contributed by atoms with van der Waals surface area (Å²) in [6.45, 7) is 2.49. The molecule has 0 aromatic carbocycles. The van der Waals surface area contributed by atoms with E-state index in [2.05, 4.69) is 21.0 Å². The van der Waals surface area contributed by atoms with Crippen LogP contribution in [0.15, 0.2) is 24.4 Å². The Kier molecular flexibility index (Phi) is 7.05. The molecule has 3 heterocycles. The SMILES string of the molecule is CN(C)CCNC(=O)Cn1ccc(NC(=O)c2ccc(C3CCCCN3)n2C)n1. The van der Waals surface area contributed by atoms with Crippen LogP contribution in [0.25, 0.3) is 0 Å². The van der Waals surface area contributed by atoms with Crippen molar-refractivity contribution in [2.24, 2.45) is 7.05 Å². The van der Waals surface area contributed by atoms with Crippen LogP contribution in [0, 0.1) is 0 Å². The first-order valence-corrected chi connectivity index (χ1v) is 10.1. The fourth-order valence-corrected chi connectivity index (χ4v) is 3.53. The number of hydrogen-bond acceptors (Lipinski definition) is 5. The molecule has 1 saturated heterocycles. The Bertz CT molecular complexity index is 834. The predicted octanol–water partition coefficient (Wildman–Crippen LogP) is 0.966. The van der Waals surface area contributed by atoms with Gasteiger partial charge in [-0.15, -0.1) is 0 Å². The zero-order valence-electron chi connectivity index (χ0n) is 17.4. The third kappa shape index (κ3) is 5.68. The average molecular weight is 402 g/mol. The van der Waals surface area contributed by atoms with Gasteiger partial charge >= 0.3 is 0 Å². The molecule has 0 spiro atoms. The van der Waals surface area contributed by atoms with E-state index >= 15 is 0 Å². The number of rotatable bonds is 8. The molecule has 0 aliphatic carbocycles. The zero-order chi connectivity index (χ0) is 20.8. The summed E-state index contributed by atoms with van der Waals surface area (Å²) >= 11 is 0. The van der Waals surface area contributed by atoms with Crippen LogP contribution in [-0.2, 0) is 18.4 Å². The molecule has 2 amide bonds. The summed E-state index contributed by atoms with van der Waals surface area (Å²) in [5, 5.41) is 13.4. The molecule has 1 atom stereocenters. The predicted molar refractivity (Wildman–Crippen MR) is 112 cm³/mol. The highest BCUT2D eigenvalue weighted by atomic mass is 16.2. The first kappa shape index (κ1) is 21.1. The maximum absolute atomic E-state index is 12.7. The summed E-state index contributed by atoms with van der Waals surface area (Å²) in [7, 11) is 5.82. The number of piperidine rings is 1. The molecule has 9 nitrogen and oxygen atoms in total. The molecule has 9 heteroatoms.